The molecule has 204 valence electrons. The molecule has 0 aliphatic heterocycles. The van der Waals surface area contributed by atoms with E-state index in [-0.39, 0.29) is 10.1 Å². The van der Waals surface area contributed by atoms with Gasteiger partial charge in [0.1, 0.15) is 5.75 Å². The van der Waals surface area contributed by atoms with Gasteiger partial charge in [0, 0.05) is 5.56 Å². The summed E-state index contributed by atoms with van der Waals surface area (Å²) >= 11 is 0. The van der Waals surface area contributed by atoms with Crippen LogP contribution in [0.5, 0.6) is 28.7 Å². The SMILES string of the molecule is COc1ccc(C#Cc2c(C)cc(OC)c(OC)c2O[Si](C)(C)C(C)(C)C)cc1O[Si](C)(C)C(C)(C)C. The second-order valence-electron chi connectivity index (χ2n) is 12.5. The number of rotatable bonds is 7. The highest BCUT2D eigenvalue weighted by atomic mass is 28.4. The largest absolute Gasteiger partial charge is 0.541 e. The van der Waals surface area contributed by atoms with E-state index in [0.29, 0.717) is 23.0 Å². The molecule has 5 nitrogen and oxygen atoms in total. The van der Waals surface area contributed by atoms with Crippen LogP contribution in [0.1, 0.15) is 58.2 Å². The molecule has 0 aromatic heterocycles. The molecule has 2 aromatic rings. The predicted octanol–water partition coefficient (Wildman–Crippen LogP) is 8.19. The van der Waals surface area contributed by atoms with Gasteiger partial charge in [0.05, 0.1) is 26.9 Å². The molecule has 0 heterocycles. The molecule has 0 fully saturated rings. The first-order valence-corrected chi connectivity index (χ1v) is 18.5. The van der Waals surface area contributed by atoms with Crippen molar-refractivity contribution in [1.29, 1.82) is 0 Å². The maximum absolute atomic E-state index is 6.79. The fourth-order valence-corrected chi connectivity index (χ4v) is 5.17. The van der Waals surface area contributed by atoms with Crippen molar-refractivity contribution in [3.8, 4) is 40.6 Å². The first kappa shape index (κ1) is 30.7. The Kier molecular flexibility index (Phi) is 9.15. The van der Waals surface area contributed by atoms with Crippen molar-refractivity contribution < 1.29 is 23.1 Å². The van der Waals surface area contributed by atoms with Crippen LogP contribution >= 0.6 is 0 Å². The molecule has 0 amide bonds. The Labute approximate surface area is 227 Å². The topological polar surface area (TPSA) is 46.2 Å². The van der Waals surface area contributed by atoms with Gasteiger partial charge in [-0.05, 0) is 73.0 Å². The molecule has 0 saturated heterocycles. The molecule has 0 bridgehead atoms. The van der Waals surface area contributed by atoms with Crippen molar-refractivity contribution in [2.45, 2.75) is 84.7 Å². The fraction of sp³-hybridized carbons (Fsp3) is 0.533. The maximum Gasteiger partial charge on any atom is 0.250 e. The molecule has 0 radical (unpaired) electrons. The Morgan fingerprint density at radius 3 is 1.65 bits per heavy atom. The average Bonchev–Trinajstić information content (AvgIpc) is 2.76. The van der Waals surface area contributed by atoms with Gasteiger partial charge in [-0.1, -0.05) is 53.4 Å². The van der Waals surface area contributed by atoms with Gasteiger partial charge in [-0.15, -0.1) is 0 Å². The smallest absolute Gasteiger partial charge is 0.250 e. The first-order chi connectivity index (χ1) is 16.9. The summed E-state index contributed by atoms with van der Waals surface area (Å²) in [5.41, 5.74) is 2.59. The summed E-state index contributed by atoms with van der Waals surface area (Å²) in [6.45, 7) is 24.2. The molecule has 0 aliphatic rings. The molecular formula is C30H46O5Si2. The molecule has 0 saturated carbocycles. The summed E-state index contributed by atoms with van der Waals surface area (Å²) < 4.78 is 30.4. The van der Waals surface area contributed by atoms with Crippen LogP contribution in [0.25, 0.3) is 0 Å². The molecule has 7 heteroatoms. The van der Waals surface area contributed by atoms with Crippen molar-refractivity contribution >= 4 is 16.6 Å². The lowest BCUT2D eigenvalue weighted by molar-refractivity contribution is 0.339. The average molecular weight is 543 g/mol. The van der Waals surface area contributed by atoms with Crippen LogP contribution in [0.3, 0.4) is 0 Å². The van der Waals surface area contributed by atoms with E-state index in [1.165, 1.54) is 0 Å². The number of ether oxygens (including phenoxy) is 3. The highest BCUT2D eigenvalue weighted by Gasteiger charge is 2.41. The Morgan fingerprint density at radius 1 is 0.622 bits per heavy atom. The van der Waals surface area contributed by atoms with Crippen LogP contribution in [0.15, 0.2) is 24.3 Å². The summed E-state index contributed by atoms with van der Waals surface area (Å²) in [4.78, 5) is 0. The highest BCUT2D eigenvalue weighted by molar-refractivity contribution is 6.75. The lowest BCUT2D eigenvalue weighted by Crippen LogP contribution is -2.44. The number of methoxy groups -OCH3 is 3. The zero-order valence-electron chi connectivity index (χ0n) is 25.4. The van der Waals surface area contributed by atoms with E-state index in [4.69, 9.17) is 23.1 Å². The van der Waals surface area contributed by atoms with Gasteiger partial charge in [0.25, 0.3) is 16.6 Å². The second-order valence-corrected chi connectivity index (χ2v) is 21.9. The summed E-state index contributed by atoms with van der Waals surface area (Å²) in [6, 6.07) is 7.79. The monoisotopic (exact) mass is 542 g/mol. The van der Waals surface area contributed by atoms with E-state index in [2.05, 4.69) is 79.6 Å². The Balaban J connectivity index is 2.67. The molecule has 37 heavy (non-hydrogen) atoms. The maximum atomic E-state index is 6.79. The summed E-state index contributed by atoms with van der Waals surface area (Å²) in [6.07, 6.45) is 0. The molecule has 0 spiro atoms. The van der Waals surface area contributed by atoms with E-state index in [1.54, 1.807) is 21.3 Å². The van der Waals surface area contributed by atoms with Crippen molar-refractivity contribution in [3.05, 3.63) is 41.0 Å². The van der Waals surface area contributed by atoms with Crippen molar-refractivity contribution in [2.75, 3.05) is 21.3 Å². The van der Waals surface area contributed by atoms with Gasteiger partial charge in [-0.2, -0.15) is 0 Å². The van der Waals surface area contributed by atoms with Crippen LogP contribution in [-0.2, 0) is 0 Å². The molecule has 0 aliphatic carbocycles. The minimum absolute atomic E-state index is 0.00562. The van der Waals surface area contributed by atoms with E-state index in [9.17, 15) is 0 Å². The summed E-state index contributed by atoms with van der Waals surface area (Å²) in [5, 5.41) is 0.0676. The van der Waals surface area contributed by atoms with Gasteiger partial charge >= 0.3 is 0 Å². The van der Waals surface area contributed by atoms with E-state index in [0.717, 1.165) is 22.4 Å². The van der Waals surface area contributed by atoms with Gasteiger partial charge in [0.2, 0.25) is 5.75 Å². The molecule has 2 rings (SSSR count). The Bertz CT molecular complexity index is 1180. The number of hydrogen-bond donors (Lipinski definition) is 0. The minimum Gasteiger partial charge on any atom is -0.541 e. The summed E-state index contributed by atoms with van der Waals surface area (Å²) in [5.74, 6) is 10.0. The van der Waals surface area contributed by atoms with Gasteiger partial charge < -0.3 is 23.1 Å². The van der Waals surface area contributed by atoms with Gasteiger partial charge in [-0.25, -0.2) is 0 Å². The predicted molar refractivity (Wildman–Crippen MR) is 159 cm³/mol. The quantitative estimate of drug-likeness (QED) is 0.261. The van der Waals surface area contributed by atoms with E-state index >= 15 is 0 Å². The fourth-order valence-electron chi connectivity index (χ4n) is 3.14. The third kappa shape index (κ3) is 6.85. The number of hydrogen-bond acceptors (Lipinski definition) is 5. The van der Waals surface area contributed by atoms with Crippen LogP contribution < -0.4 is 23.1 Å². The molecule has 0 N–H and O–H groups in total. The molecule has 0 unspecified atom stereocenters. The number of aryl methyl sites for hydroxylation is 1. The zero-order valence-corrected chi connectivity index (χ0v) is 27.4. The van der Waals surface area contributed by atoms with Crippen molar-refractivity contribution in [3.63, 3.8) is 0 Å². The molecular weight excluding hydrogens is 496 g/mol. The summed E-state index contributed by atoms with van der Waals surface area (Å²) in [7, 11) is 0.682. The number of benzene rings is 2. The van der Waals surface area contributed by atoms with Gasteiger partial charge in [0.15, 0.2) is 17.2 Å². The normalized spacial score (nSPS) is 12.4. The third-order valence-electron chi connectivity index (χ3n) is 7.65. The Morgan fingerprint density at radius 2 is 1.16 bits per heavy atom. The first-order valence-electron chi connectivity index (χ1n) is 12.7. The lowest BCUT2D eigenvalue weighted by atomic mass is 10.1. The molecule has 0 atom stereocenters. The Hall–Kier alpha value is -2.57. The van der Waals surface area contributed by atoms with Crippen LogP contribution in [0, 0.1) is 18.8 Å². The second kappa shape index (κ2) is 11.0. The van der Waals surface area contributed by atoms with E-state index < -0.39 is 16.6 Å². The van der Waals surface area contributed by atoms with Crippen molar-refractivity contribution in [2.24, 2.45) is 0 Å². The zero-order chi connectivity index (χ0) is 28.4. The van der Waals surface area contributed by atoms with Crippen LogP contribution in [-0.4, -0.2) is 38.0 Å². The molecule has 2 aromatic carbocycles. The van der Waals surface area contributed by atoms with E-state index in [1.807, 2.05) is 31.2 Å². The van der Waals surface area contributed by atoms with Crippen LogP contribution in [0.2, 0.25) is 36.3 Å². The standard InChI is InChI=1S/C30H46O5Si2/c1-21-19-26(32-9)28(33-10)27(35-37(13,14)30(5,6)7)23(21)17-15-22-16-18-24(31-8)25(20-22)34-36(11,12)29(2,3)4/h16,18-20H,1-14H3. The highest BCUT2D eigenvalue weighted by Crippen LogP contribution is 2.46. The van der Waals surface area contributed by atoms with Crippen molar-refractivity contribution in [1.82, 2.24) is 0 Å². The lowest BCUT2D eigenvalue weighted by Gasteiger charge is -2.37. The van der Waals surface area contributed by atoms with Gasteiger partial charge in [-0.3, -0.25) is 0 Å². The van der Waals surface area contributed by atoms with Crippen LogP contribution in [0.4, 0.5) is 0 Å². The minimum atomic E-state index is -2.19. The third-order valence-corrected chi connectivity index (χ3v) is 16.3.